The quantitative estimate of drug-likeness (QED) is 0.519. The minimum atomic E-state index is 0.749. The Labute approximate surface area is 101 Å². The Morgan fingerprint density at radius 2 is 1.06 bits per heavy atom. The molecule has 0 fully saturated rings. The van der Waals surface area contributed by atoms with Gasteiger partial charge in [-0.1, -0.05) is 0 Å². The van der Waals surface area contributed by atoms with Crippen LogP contribution in [0.1, 0.15) is 5.56 Å². The molecule has 0 spiro atoms. The Balaban J connectivity index is 0.000000171. The molecule has 4 heteroatoms. The van der Waals surface area contributed by atoms with Crippen molar-refractivity contribution >= 4 is 22.7 Å². The first-order valence-corrected chi connectivity index (χ1v) is 5.21. The van der Waals surface area contributed by atoms with E-state index in [9.17, 15) is 0 Å². The molecule has 0 aromatic heterocycles. The van der Waals surface area contributed by atoms with Crippen LogP contribution in [-0.2, 0) is 0 Å². The molecule has 8 N–H and O–H groups in total. The van der Waals surface area contributed by atoms with Crippen molar-refractivity contribution in [2.24, 2.45) is 0 Å². The molecule has 0 atom stereocenters. The summed E-state index contributed by atoms with van der Waals surface area (Å²) in [6.45, 7) is 1.94. The van der Waals surface area contributed by atoms with Gasteiger partial charge in [-0.3, -0.25) is 0 Å². The zero-order valence-electron chi connectivity index (χ0n) is 9.85. The molecule has 2 aromatic carbocycles. The minimum Gasteiger partial charge on any atom is -0.399 e. The summed E-state index contributed by atoms with van der Waals surface area (Å²) in [5, 5.41) is 0. The molecule has 0 aliphatic carbocycles. The molecule has 0 saturated carbocycles. The Morgan fingerprint density at radius 3 is 1.41 bits per heavy atom. The lowest BCUT2D eigenvalue weighted by Gasteiger charge is -1.98. The number of nitrogen functional groups attached to an aromatic ring is 4. The third-order valence-electron chi connectivity index (χ3n) is 2.23. The predicted molar refractivity (Wildman–Crippen MR) is 75.3 cm³/mol. The van der Waals surface area contributed by atoms with E-state index >= 15 is 0 Å². The Bertz CT molecular complexity index is 456. The average molecular weight is 230 g/mol. The van der Waals surface area contributed by atoms with Crippen LogP contribution in [0, 0.1) is 6.92 Å². The normalized spacial score (nSPS) is 9.24. The van der Waals surface area contributed by atoms with Gasteiger partial charge in [0.2, 0.25) is 0 Å². The first-order valence-electron chi connectivity index (χ1n) is 5.21. The molecular weight excluding hydrogens is 212 g/mol. The van der Waals surface area contributed by atoms with E-state index in [-0.39, 0.29) is 0 Å². The summed E-state index contributed by atoms with van der Waals surface area (Å²) in [6, 6.07) is 12.6. The van der Waals surface area contributed by atoms with Crippen molar-refractivity contribution in [3.8, 4) is 0 Å². The van der Waals surface area contributed by atoms with Crippen molar-refractivity contribution in [1.29, 1.82) is 0 Å². The summed E-state index contributed by atoms with van der Waals surface area (Å²) in [5.74, 6) is 0. The number of rotatable bonds is 0. The number of benzene rings is 2. The SMILES string of the molecule is Cc1cc(N)ccc1N.Nc1ccc(N)cc1. The molecule has 17 heavy (non-hydrogen) atoms. The number of nitrogens with two attached hydrogens (primary N) is 4. The predicted octanol–water partition coefficient (Wildman–Crippen LogP) is 2.01. The molecule has 0 heterocycles. The fourth-order valence-electron chi connectivity index (χ4n) is 1.19. The van der Waals surface area contributed by atoms with Crippen molar-refractivity contribution < 1.29 is 0 Å². The fourth-order valence-corrected chi connectivity index (χ4v) is 1.19. The number of hydrogen-bond donors (Lipinski definition) is 4. The standard InChI is InChI=1S/C7H10N2.C6H8N2/c1-5-4-6(8)2-3-7(5)9;7-5-1-2-6(8)4-3-5/h2-4H,8-9H2,1H3;1-4H,7-8H2. The largest absolute Gasteiger partial charge is 0.399 e. The number of aryl methyl sites for hydroxylation is 1. The first-order chi connectivity index (χ1) is 7.99. The van der Waals surface area contributed by atoms with E-state index in [0.717, 1.165) is 28.3 Å². The van der Waals surface area contributed by atoms with E-state index < -0.39 is 0 Å². The molecule has 2 aromatic rings. The van der Waals surface area contributed by atoms with Crippen LogP contribution in [0.25, 0.3) is 0 Å². The van der Waals surface area contributed by atoms with Gasteiger partial charge >= 0.3 is 0 Å². The van der Waals surface area contributed by atoms with Gasteiger partial charge < -0.3 is 22.9 Å². The monoisotopic (exact) mass is 230 g/mol. The molecule has 0 radical (unpaired) electrons. The maximum atomic E-state index is 5.53. The second-order valence-electron chi connectivity index (χ2n) is 3.78. The Kier molecular flexibility index (Phi) is 4.22. The molecule has 0 aliphatic rings. The van der Waals surface area contributed by atoms with Crippen molar-refractivity contribution in [2.45, 2.75) is 6.92 Å². The highest BCUT2D eigenvalue weighted by atomic mass is 14.6. The molecule has 0 saturated heterocycles. The number of hydrogen-bond acceptors (Lipinski definition) is 4. The fraction of sp³-hybridized carbons (Fsp3) is 0.0769. The van der Waals surface area contributed by atoms with Gasteiger partial charge in [-0.25, -0.2) is 0 Å². The van der Waals surface area contributed by atoms with Crippen LogP contribution in [0.15, 0.2) is 42.5 Å². The molecule has 4 nitrogen and oxygen atoms in total. The van der Waals surface area contributed by atoms with Gasteiger partial charge in [-0.2, -0.15) is 0 Å². The molecule has 0 aliphatic heterocycles. The van der Waals surface area contributed by atoms with Gasteiger partial charge in [0.15, 0.2) is 0 Å². The van der Waals surface area contributed by atoms with Crippen molar-refractivity contribution in [3.05, 3.63) is 48.0 Å². The highest BCUT2D eigenvalue weighted by Gasteiger charge is 1.90. The highest BCUT2D eigenvalue weighted by Crippen LogP contribution is 2.12. The molecule has 0 unspecified atom stereocenters. The van der Waals surface area contributed by atoms with Crippen molar-refractivity contribution in [1.82, 2.24) is 0 Å². The average Bonchev–Trinajstić information content (AvgIpc) is 2.29. The summed E-state index contributed by atoms with van der Waals surface area (Å²) in [4.78, 5) is 0. The number of anilines is 4. The van der Waals surface area contributed by atoms with Crippen LogP contribution in [0.4, 0.5) is 22.7 Å². The van der Waals surface area contributed by atoms with E-state index in [4.69, 9.17) is 22.9 Å². The second kappa shape index (κ2) is 5.65. The maximum Gasteiger partial charge on any atom is 0.0345 e. The summed E-state index contributed by atoms with van der Waals surface area (Å²) in [6.07, 6.45) is 0. The van der Waals surface area contributed by atoms with E-state index in [1.807, 2.05) is 19.1 Å². The van der Waals surface area contributed by atoms with Crippen LogP contribution in [0.3, 0.4) is 0 Å². The summed E-state index contributed by atoms with van der Waals surface area (Å²) < 4.78 is 0. The van der Waals surface area contributed by atoms with Crippen molar-refractivity contribution in [3.63, 3.8) is 0 Å². The lowest BCUT2D eigenvalue weighted by molar-refractivity contribution is 1.47. The molecular formula is C13H18N4. The van der Waals surface area contributed by atoms with Crippen molar-refractivity contribution in [2.75, 3.05) is 22.9 Å². The third-order valence-corrected chi connectivity index (χ3v) is 2.23. The van der Waals surface area contributed by atoms with E-state index in [1.165, 1.54) is 0 Å². The highest BCUT2D eigenvalue weighted by molar-refractivity contribution is 5.54. The zero-order chi connectivity index (χ0) is 12.8. The van der Waals surface area contributed by atoms with Crippen LogP contribution >= 0.6 is 0 Å². The van der Waals surface area contributed by atoms with E-state index in [1.54, 1.807) is 30.3 Å². The summed E-state index contributed by atoms with van der Waals surface area (Å²) in [5.41, 5.74) is 25.8. The van der Waals surface area contributed by atoms with Gasteiger partial charge in [-0.05, 0) is 55.0 Å². The lowest BCUT2D eigenvalue weighted by Crippen LogP contribution is -1.91. The van der Waals surface area contributed by atoms with Crippen LogP contribution in [0.5, 0.6) is 0 Å². The van der Waals surface area contributed by atoms with Gasteiger partial charge in [0.25, 0.3) is 0 Å². The lowest BCUT2D eigenvalue weighted by atomic mass is 10.2. The van der Waals surface area contributed by atoms with Crippen LogP contribution in [-0.4, -0.2) is 0 Å². The van der Waals surface area contributed by atoms with Crippen LogP contribution < -0.4 is 22.9 Å². The smallest absolute Gasteiger partial charge is 0.0345 e. The van der Waals surface area contributed by atoms with Gasteiger partial charge in [-0.15, -0.1) is 0 Å². The van der Waals surface area contributed by atoms with Crippen LogP contribution in [0.2, 0.25) is 0 Å². The maximum absolute atomic E-state index is 5.53. The van der Waals surface area contributed by atoms with E-state index in [2.05, 4.69) is 0 Å². The molecule has 2 rings (SSSR count). The molecule has 90 valence electrons. The van der Waals surface area contributed by atoms with Gasteiger partial charge in [0.05, 0.1) is 0 Å². The first kappa shape index (κ1) is 12.7. The second-order valence-corrected chi connectivity index (χ2v) is 3.78. The Hall–Kier alpha value is -2.36. The minimum absolute atomic E-state index is 0.749. The Morgan fingerprint density at radius 1 is 0.647 bits per heavy atom. The summed E-state index contributed by atoms with van der Waals surface area (Å²) in [7, 11) is 0. The zero-order valence-corrected chi connectivity index (χ0v) is 9.85. The third kappa shape index (κ3) is 4.34. The van der Waals surface area contributed by atoms with Gasteiger partial charge in [0.1, 0.15) is 0 Å². The van der Waals surface area contributed by atoms with E-state index in [0.29, 0.717) is 0 Å². The summed E-state index contributed by atoms with van der Waals surface area (Å²) >= 11 is 0. The topological polar surface area (TPSA) is 104 Å². The molecule has 0 bridgehead atoms. The molecule has 0 amide bonds. The van der Waals surface area contributed by atoms with Gasteiger partial charge in [0, 0.05) is 22.7 Å².